The molecule has 0 fully saturated rings. The minimum Gasteiger partial charge on any atom is -0.324 e. The number of benzene rings is 2. The van der Waals surface area contributed by atoms with E-state index in [0.717, 1.165) is 5.56 Å². The third-order valence-corrected chi connectivity index (χ3v) is 5.96. The zero-order valence-corrected chi connectivity index (χ0v) is 18.1. The lowest BCUT2D eigenvalue weighted by atomic mass is 10.2. The molecule has 0 unspecified atom stereocenters. The lowest BCUT2D eigenvalue weighted by Gasteiger charge is -2.11. The van der Waals surface area contributed by atoms with Gasteiger partial charge < -0.3 is 5.32 Å². The molecule has 6 nitrogen and oxygen atoms in total. The third kappa shape index (κ3) is 4.87. The Hall–Kier alpha value is -2.94. The highest BCUT2D eigenvalue weighted by Gasteiger charge is 2.18. The van der Waals surface area contributed by atoms with Crippen molar-refractivity contribution in [3.8, 4) is 17.1 Å². The van der Waals surface area contributed by atoms with Crippen molar-refractivity contribution in [3.63, 3.8) is 0 Å². The van der Waals surface area contributed by atoms with E-state index in [1.54, 1.807) is 59.4 Å². The molecule has 1 N–H and O–H groups in total. The Bertz CT molecular complexity index is 1220. The lowest BCUT2D eigenvalue weighted by Crippen LogP contribution is -2.15. The van der Waals surface area contributed by atoms with Gasteiger partial charge in [-0.2, -0.15) is 0 Å². The van der Waals surface area contributed by atoms with Crippen molar-refractivity contribution in [3.05, 3.63) is 82.9 Å². The van der Waals surface area contributed by atoms with Crippen molar-refractivity contribution in [1.29, 1.82) is 0 Å². The summed E-state index contributed by atoms with van der Waals surface area (Å²) in [5.41, 5.74) is 1.88. The molecule has 0 aliphatic carbocycles. The molecule has 0 spiro atoms. The Kier molecular flexibility index (Phi) is 6.50. The molecular formula is C21H14Cl2FN5OS. The quantitative estimate of drug-likeness (QED) is 0.374. The van der Waals surface area contributed by atoms with Gasteiger partial charge in [0.1, 0.15) is 5.82 Å². The number of carbonyl (C=O) groups is 1. The van der Waals surface area contributed by atoms with Gasteiger partial charge in [0, 0.05) is 23.6 Å². The Balaban J connectivity index is 1.59. The summed E-state index contributed by atoms with van der Waals surface area (Å²) in [5, 5.41) is 12.3. The van der Waals surface area contributed by atoms with Crippen LogP contribution in [0.25, 0.3) is 17.1 Å². The van der Waals surface area contributed by atoms with Crippen molar-refractivity contribution < 1.29 is 9.18 Å². The van der Waals surface area contributed by atoms with Crippen molar-refractivity contribution in [2.45, 2.75) is 5.16 Å². The molecular weight excluding hydrogens is 460 g/mol. The normalized spacial score (nSPS) is 10.8. The number of hydrogen-bond acceptors (Lipinski definition) is 5. The molecule has 0 radical (unpaired) electrons. The SMILES string of the molecule is O=C(CSc1nnc(-c2ccncc2)n1-c1ccc(F)cc1)Nc1cccc(Cl)c1Cl. The summed E-state index contributed by atoms with van der Waals surface area (Å²) in [4.78, 5) is 16.5. The van der Waals surface area contributed by atoms with Gasteiger partial charge in [-0.3, -0.25) is 14.3 Å². The van der Waals surface area contributed by atoms with Crippen molar-refractivity contribution >= 4 is 46.6 Å². The molecule has 4 rings (SSSR count). The second kappa shape index (κ2) is 9.47. The van der Waals surface area contributed by atoms with Gasteiger partial charge in [0.05, 0.1) is 21.5 Å². The number of nitrogens with zero attached hydrogens (tertiary/aromatic N) is 4. The summed E-state index contributed by atoms with van der Waals surface area (Å²) in [6.07, 6.45) is 3.29. The maximum absolute atomic E-state index is 13.4. The Morgan fingerprint density at radius 1 is 1.03 bits per heavy atom. The Morgan fingerprint density at radius 3 is 2.52 bits per heavy atom. The summed E-state index contributed by atoms with van der Waals surface area (Å²) in [6.45, 7) is 0. The molecule has 0 bridgehead atoms. The van der Waals surface area contributed by atoms with Crippen LogP contribution in [0, 0.1) is 5.82 Å². The first kappa shape index (κ1) is 21.3. The van der Waals surface area contributed by atoms with E-state index in [4.69, 9.17) is 23.2 Å². The standard InChI is InChI=1S/C21H14Cl2FN5OS/c22-16-2-1-3-17(19(16)23)26-18(30)12-31-21-28-27-20(13-8-10-25-11-9-13)29(21)15-6-4-14(24)5-7-15/h1-11H,12H2,(H,26,30). The predicted octanol–water partition coefficient (Wildman–Crippen LogP) is 5.51. The van der Waals surface area contributed by atoms with E-state index in [1.807, 2.05) is 0 Å². The molecule has 0 saturated heterocycles. The van der Waals surface area contributed by atoms with Crippen LogP contribution < -0.4 is 5.32 Å². The highest BCUT2D eigenvalue weighted by Crippen LogP contribution is 2.31. The number of anilines is 1. The molecule has 0 aliphatic heterocycles. The monoisotopic (exact) mass is 473 g/mol. The van der Waals surface area contributed by atoms with Crippen LogP contribution in [0.5, 0.6) is 0 Å². The van der Waals surface area contributed by atoms with Gasteiger partial charge in [0.25, 0.3) is 0 Å². The van der Waals surface area contributed by atoms with Gasteiger partial charge in [-0.1, -0.05) is 41.0 Å². The van der Waals surface area contributed by atoms with Crippen LogP contribution >= 0.6 is 35.0 Å². The average Bonchev–Trinajstić information content (AvgIpc) is 3.21. The number of pyridine rings is 1. The topological polar surface area (TPSA) is 72.7 Å². The largest absolute Gasteiger partial charge is 0.324 e. The summed E-state index contributed by atoms with van der Waals surface area (Å²) in [7, 11) is 0. The summed E-state index contributed by atoms with van der Waals surface area (Å²) >= 11 is 13.3. The van der Waals surface area contributed by atoms with Crippen LogP contribution in [0.1, 0.15) is 0 Å². The number of aromatic nitrogens is 4. The molecule has 0 saturated carbocycles. The van der Waals surface area contributed by atoms with Crippen LogP contribution in [0.3, 0.4) is 0 Å². The van der Waals surface area contributed by atoms with Gasteiger partial charge in [-0.25, -0.2) is 4.39 Å². The highest BCUT2D eigenvalue weighted by molar-refractivity contribution is 7.99. The van der Waals surface area contributed by atoms with E-state index in [2.05, 4.69) is 20.5 Å². The molecule has 2 aromatic carbocycles. The second-order valence-electron chi connectivity index (χ2n) is 6.29. The van der Waals surface area contributed by atoms with E-state index in [1.165, 1.54) is 23.9 Å². The molecule has 31 heavy (non-hydrogen) atoms. The van der Waals surface area contributed by atoms with Crippen molar-refractivity contribution in [2.75, 3.05) is 11.1 Å². The molecule has 10 heteroatoms. The Labute approximate surface area is 191 Å². The maximum atomic E-state index is 13.4. The molecule has 0 atom stereocenters. The van der Waals surface area contributed by atoms with Crippen molar-refractivity contribution in [1.82, 2.24) is 19.7 Å². The predicted molar refractivity (Wildman–Crippen MR) is 120 cm³/mol. The number of rotatable bonds is 6. The first-order valence-corrected chi connectivity index (χ1v) is 10.8. The van der Waals surface area contributed by atoms with Crippen LogP contribution in [0.4, 0.5) is 10.1 Å². The first-order valence-electron chi connectivity index (χ1n) is 9.01. The van der Waals surface area contributed by atoms with Gasteiger partial charge in [0.2, 0.25) is 5.91 Å². The van der Waals surface area contributed by atoms with Crippen molar-refractivity contribution in [2.24, 2.45) is 0 Å². The summed E-state index contributed by atoms with van der Waals surface area (Å²) in [6, 6.07) is 14.6. The Morgan fingerprint density at radius 2 is 1.77 bits per heavy atom. The number of halogens is 3. The van der Waals surface area contributed by atoms with Crippen LogP contribution in [0.2, 0.25) is 10.0 Å². The van der Waals surface area contributed by atoms with E-state index in [0.29, 0.717) is 27.4 Å². The number of hydrogen-bond donors (Lipinski definition) is 1. The van der Waals surface area contributed by atoms with Gasteiger partial charge >= 0.3 is 0 Å². The van der Waals surface area contributed by atoms with Crippen LogP contribution in [-0.4, -0.2) is 31.4 Å². The number of amides is 1. The van der Waals surface area contributed by atoms with E-state index >= 15 is 0 Å². The fourth-order valence-electron chi connectivity index (χ4n) is 2.79. The minimum atomic E-state index is -0.353. The number of carbonyl (C=O) groups excluding carboxylic acids is 1. The minimum absolute atomic E-state index is 0.0541. The smallest absolute Gasteiger partial charge is 0.234 e. The second-order valence-corrected chi connectivity index (χ2v) is 8.02. The summed E-state index contributed by atoms with van der Waals surface area (Å²) < 4.78 is 15.2. The maximum Gasteiger partial charge on any atom is 0.234 e. The molecule has 2 aromatic heterocycles. The zero-order chi connectivity index (χ0) is 21.8. The van der Waals surface area contributed by atoms with Gasteiger partial charge in [0.15, 0.2) is 11.0 Å². The fourth-order valence-corrected chi connectivity index (χ4v) is 3.89. The zero-order valence-electron chi connectivity index (χ0n) is 15.8. The first-order chi connectivity index (χ1) is 15.0. The van der Waals surface area contributed by atoms with E-state index in [-0.39, 0.29) is 22.5 Å². The van der Waals surface area contributed by atoms with E-state index in [9.17, 15) is 9.18 Å². The molecule has 4 aromatic rings. The fraction of sp³-hybridized carbons (Fsp3) is 0.0476. The number of nitrogens with one attached hydrogen (secondary N) is 1. The average molecular weight is 474 g/mol. The molecule has 0 aliphatic rings. The molecule has 2 heterocycles. The molecule has 156 valence electrons. The summed E-state index contributed by atoms with van der Waals surface area (Å²) in [5.74, 6) is -0.0317. The van der Waals surface area contributed by atoms with Crippen LogP contribution in [-0.2, 0) is 4.79 Å². The van der Waals surface area contributed by atoms with Crippen LogP contribution in [0.15, 0.2) is 72.1 Å². The third-order valence-electron chi connectivity index (χ3n) is 4.21. The lowest BCUT2D eigenvalue weighted by molar-refractivity contribution is -0.113. The molecule has 1 amide bonds. The highest BCUT2D eigenvalue weighted by atomic mass is 35.5. The van der Waals surface area contributed by atoms with Gasteiger partial charge in [-0.15, -0.1) is 10.2 Å². The number of thioether (sulfide) groups is 1. The van der Waals surface area contributed by atoms with E-state index < -0.39 is 0 Å². The van der Waals surface area contributed by atoms with Gasteiger partial charge in [-0.05, 0) is 48.5 Å².